The maximum Gasteiger partial charge on any atom is 0.144 e. The first kappa shape index (κ1) is 12.1. The molecule has 0 unspecified atom stereocenters. The molecule has 0 amide bonds. The fraction of sp³-hybridized carbons (Fsp3) is 0.357. The van der Waals surface area contributed by atoms with Crippen LogP contribution in [-0.4, -0.2) is 9.97 Å². The topological polar surface area (TPSA) is 61.6 Å². The lowest BCUT2D eigenvalue weighted by Crippen LogP contribution is -2.10. The van der Waals surface area contributed by atoms with Gasteiger partial charge in [-0.15, -0.1) is 11.3 Å². The Hall–Kier alpha value is -1.93. The van der Waals surface area contributed by atoms with Crippen molar-refractivity contribution in [2.45, 2.75) is 32.2 Å². The number of nitriles is 1. The normalized spacial score (nSPS) is 13.6. The highest BCUT2D eigenvalue weighted by Gasteiger charge is 2.15. The molecule has 0 aromatic carbocycles. The van der Waals surface area contributed by atoms with Gasteiger partial charge < -0.3 is 5.32 Å². The zero-order valence-electron chi connectivity index (χ0n) is 10.5. The molecular weight excluding hydrogens is 256 g/mol. The van der Waals surface area contributed by atoms with Crippen molar-refractivity contribution in [2.24, 2.45) is 0 Å². The highest BCUT2D eigenvalue weighted by Crippen LogP contribution is 2.24. The van der Waals surface area contributed by atoms with Crippen LogP contribution in [0.3, 0.4) is 0 Å². The maximum absolute atomic E-state index is 9.23. The average molecular weight is 270 g/mol. The molecule has 0 aliphatic heterocycles. The van der Waals surface area contributed by atoms with Crippen molar-refractivity contribution in [1.29, 1.82) is 5.26 Å². The number of hydrogen-bond acceptors (Lipinski definition) is 5. The number of pyridine rings is 1. The molecular formula is C14H14N4S. The van der Waals surface area contributed by atoms with Crippen molar-refractivity contribution >= 4 is 17.2 Å². The Morgan fingerprint density at radius 2 is 2.26 bits per heavy atom. The van der Waals surface area contributed by atoms with E-state index in [1.165, 1.54) is 18.4 Å². The van der Waals surface area contributed by atoms with Crippen LogP contribution in [0.25, 0.3) is 0 Å². The summed E-state index contributed by atoms with van der Waals surface area (Å²) >= 11 is 1.60. The molecule has 0 spiro atoms. The number of thiazole rings is 1. The first-order valence-electron chi connectivity index (χ1n) is 6.42. The second-order valence-electron chi connectivity index (χ2n) is 4.59. The molecule has 0 saturated carbocycles. The van der Waals surface area contributed by atoms with Crippen LogP contribution in [0.1, 0.15) is 34.7 Å². The largest absolute Gasteiger partial charge is 0.362 e. The first-order valence-corrected chi connectivity index (χ1v) is 7.30. The van der Waals surface area contributed by atoms with E-state index < -0.39 is 0 Å². The van der Waals surface area contributed by atoms with Gasteiger partial charge in [0, 0.05) is 17.3 Å². The summed E-state index contributed by atoms with van der Waals surface area (Å²) in [6.07, 6.45) is 6.24. The number of fused-ring (bicyclic) bond motifs is 1. The van der Waals surface area contributed by atoms with Crippen molar-refractivity contribution in [3.8, 4) is 6.07 Å². The lowest BCUT2D eigenvalue weighted by molar-refractivity contribution is 0.668. The van der Waals surface area contributed by atoms with E-state index in [1.807, 2.05) is 11.4 Å². The van der Waals surface area contributed by atoms with Gasteiger partial charge in [0.25, 0.3) is 0 Å². The van der Waals surface area contributed by atoms with Gasteiger partial charge in [0.2, 0.25) is 0 Å². The van der Waals surface area contributed by atoms with Crippen molar-refractivity contribution in [2.75, 3.05) is 5.32 Å². The van der Waals surface area contributed by atoms with Crippen molar-refractivity contribution < 1.29 is 0 Å². The third kappa shape index (κ3) is 2.59. The molecule has 0 atom stereocenters. The van der Waals surface area contributed by atoms with Gasteiger partial charge >= 0.3 is 0 Å². The van der Waals surface area contributed by atoms with Crippen molar-refractivity contribution in [1.82, 2.24) is 9.97 Å². The molecule has 4 nitrogen and oxygen atoms in total. The standard InChI is InChI=1S/C14H14N4S/c15-8-11-7-10-3-1-2-4-12(10)18-14(11)17-9-13-16-5-6-19-13/h5-7H,1-4,9H2,(H,17,18). The van der Waals surface area contributed by atoms with Crippen LogP contribution in [0.15, 0.2) is 17.6 Å². The molecule has 5 heteroatoms. The van der Waals surface area contributed by atoms with Crippen LogP contribution in [0, 0.1) is 11.3 Å². The lowest BCUT2D eigenvalue weighted by atomic mass is 9.95. The van der Waals surface area contributed by atoms with E-state index in [-0.39, 0.29) is 0 Å². The number of nitrogens with one attached hydrogen (secondary N) is 1. The monoisotopic (exact) mass is 270 g/mol. The fourth-order valence-electron chi connectivity index (χ4n) is 2.35. The SMILES string of the molecule is N#Cc1cc2c(nc1NCc1nccs1)CCCC2. The van der Waals surface area contributed by atoms with Gasteiger partial charge in [-0.05, 0) is 37.3 Å². The summed E-state index contributed by atoms with van der Waals surface area (Å²) in [5.41, 5.74) is 3.02. The van der Waals surface area contributed by atoms with Crippen LogP contribution in [-0.2, 0) is 19.4 Å². The number of anilines is 1. The number of nitrogens with zero attached hydrogens (tertiary/aromatic N) is 3. The molecule has 2 aromatic heterocycles. The van der Waals surface area contributed by atoms with Crippen LogP contribution in [0.5, 0.6) is 0 Å². The fourth-order valence-corrected chi connectivity index (χ4v) is 2.91. The molecule has 19 heavy (non-hydrogen) atoms. The second kappa shape index (κ2) is 5.37. The highest BCUT2D eigenvalue weighted by atomic mass is 32.1. The lowest BCUT2D eigenvalue weighted by Gasteiger charge is -2.17. The molecule has 2 aromatic rings. The zero-order valence-corrected chi connectivity index (χ0v) is 11.3. The van der Waals surface area contributed by atoms with Gasteiger partial charge in [0.15, 0.2) is 0 Å². The van der Waals surface area contributed by atoms with E-state index in [2.05, 4.69) is 21.4 Å². The molecule has 0 saturated heterocycles. The first-order chi connectivity index (χ1) is 9.36. The van der Waals surface area contributed by atoms with Crippen LogP contribution in [0.4, 0.5) is 5.82 Å². The quantitative estimate of drug-likeness (QED) is 0.931. The number of aryl methyl sites for hydroxylation is 2. The molecule has 0 bridgehead atoms. The molecule has 96 valence electrons. The smallest absolute Gasteiger partial charge is 0.144 e. The minimum atomic E-state index is 0.623. The van der Waals surface area contributed by atoms with Crippen LogP contribution in [0.2, 0.25) is 0 Å². The van der Waals surface area contributed by atoms with Crippen molar-refractivity contribution in [3.63, 3.8) is 0 Å². The van der Waals surface area contributed by atoms with Gasteiger partial charge in [0.1, 0.15) is 16.9 Å². The predicted octanol–water partition coefficient (Wildman–Crippen LogP) is 2.90. The predicted molar refractivity (Wildman–Crippen MR) is 75.0 cm³/mol. The van der Waals surface area contributed by atoms with E-state index >= 15 is 0 Å². The summed E-state index contributed by atoms with van der Waals surface area (Å²) in [5, 5.41) is 15.4. The Morgan fingerprint density at radius 1 is 1.37 bits per heavy atom. The third-order valence-electron chi connectivity index (χ3n) is 3.31. The molecule has 2 heterocycles. The molecule has 0 radical (unpaired) electrons. The summed E-state index contributed by atoms with van der Waals surface area (Å²) in [4.78, 5) is 8.85. The van der Waals surface area contributed by atoms with E-state index in [4.69, 9.17) is 0 Å². The number of hydrogen-bond donors (Lipinski definition) is 1. The van der Waals surface area contributed by atoms with Gasteiger partial charge in [-0.1, -0.05) is 0 Å². The van der Waals surface area contributed by atoms with E-state index in [0.717, 1.165) is 23.5 Å². The third-order valence-corrected chi connectivity index (χ3v) is 4.09. The Bertz CT molecular complexity index is 613. The van der Waals surface area contributed by atoms with Gasteiger partial charge in [-0.25, -0.2) is 9.97 Å². The van der Waals surface area contributed by atoms with E-state index in [0.29, 0.717) is 17.9 Å². The summed E-state index contributed by atoms with van der Waals surface area (Å²) in [5.74, 6) is 0.693. The van der Waals surface area contributed by atoms with Crippen molar-refractivity contribution in [3.05, 3.63) is 39.5 Å². The molecule has 1 N–H and O–H groups in total. The molecule has 1 aliphatic rings. The molecule has 3 rings (SSSR count). The molecule has 1 aliphatic carbocycles. The number of aromatic nitrogens is 2. The average Bonchev–Trinajstić information content (AvgIpc) is 2.97. The van der Waals surface area contributed by atoms with Gasteiger partial charge in [0.05, 0.1) is 12.1 Å². The van der Waals surface area contributed by atoms with Gasteiger partial charge in [-0.3, -0.25) is 0 Å². The highest BCUT2D eigenvalue weighted by molar-refractivity contribution is 7.09. The Labute approximate surface area is 116 Å². The second-order valence-corrected chi connectivity index (χ2v) is 5.57. The van der Waals surface area contributed by atoms with Gasteiger partial charge in [-0.2, -0.15) is 5.26 Å². The maximum atomic E-state index is 9.23. The Kier molecular flexibility index (Phi) is 3.43. The number of rotatable bonds is 3. The summed E-state index contributed by atoms with van der Waals surface area (Å²) < 4.78 is 0. The summed E-state index contributed by atoms with van der Waals surface area (Å²) in [6.45, 7) is 0.623. The Morgan fingerprint density at radius 3 is 3.05 bits per heavy atom. The van der Waals surface area contributed by atoms with Crippen LogP contribution < -0.4 is 5.32 Å². The van der Waals surface area contributed by atoms with Crippen LogP contribution >= 0.6 is 11.3 Å². The minimum absolute atomic E-state index is 0.623. The van der Waals surface area contributed by atoms with E-state index in [1.54, 1.807) is 17.5 Å². The molecule has 0 fully saturated rings. The zero-order chi connectivity index (χ0) is 13.1. The van der Waals surface area contributed by atoms with E-state index in [9.17, 15) is 5.26 Å². The summed E-state index contributed by atoms with van der Waals surface area (Å²) in [6, 6.07) is 4.23. The minimum Gasteiger partial charge on any atom is -0.362 e. The Balaban J connectivity index is 1.85. The summed E-state index contributed by atoms with van der Waals surface area (Å²) in [7, 11) is 0.